The van der Waals surface area contributed by atoms with Gasteiger partial charge in [-0.25, -0.2) is 9.97 Å². The number of benzene rings is 1. The molecule has 1 aromatic carbocycles. The Hall–Kier alpha value is -1.90. The van der Waals surface area contributed by atoms with E-state index in [2.05, 4.69) is 36.2 Å². The normalized spacial score (nSPS) is 14.7. The van der Waals surface area contributed by atoms with Crippen molar-refractivity contribution in [2.45, 2.75) is 45.4 Å². The van der Waals surface area contributed by atoms with E-state index < -0.39 is 0 Å². The van der Waals surface area contributed by atoms with Crippen molar-refractivity contribution in [1.29, 1.82) is 0 Å². The summed E-state index contributed by atoms with van der Waals surface area (Å²) in [7, 11) is 0. The van der Waals surface area contributed by atoms with Gasteiger partial charge in [0.25, 0.3) is 0 Å². The fraction of sp³-hybridized carbons (Fsp3) is 0.412. The third kappa shape index (κ3) is 2.53. The highest BCUT2D eigenvalue weighted by Crippen LogP contribution is 2.26. The van der Waals surface area contributed by atoms with E-state index in [-0.39, 0.29) is 0 Å². The van der Waals surface area contributed by atoms with Gasteiger partial charge in [-0.3, -0.25) is 0 Å². The fourth-order valence-electron chi connectivity index (χ4n) is 2.82. The van der Waals surface area contributed by atoms with Crippen molar-refractivity contribution in [3.8, 4) is 11.4 Å². The maximum absolute atomic E-state index is 6.15. The molecule has 3 rings (SSSR count). The van der Waals surface area contributed by atoms with Gasteiger partial charge in [0.1, 0.15) is 5.82 Å². The molecular formula is C17H21N3. The Morgan fingerprint density at radius 3 is 2.50 bits per heavy atom. The molecule has 0 saturated heterocycles. The van der Waals surface area contributed by atoms with Crippen LogP contribution in [0.25, 0.3) is 11.4 Å². The molecule has 1 heterocycles. The standard InChI is InChI=1S/C17H21N3/c1-2-12-8-10-13(11-9-12)17-19-15-7-5-3-4-6-14(15)16(18)20-17/h8-11H,2-7H2,1H3,(H2,18,19,20). The van der Waals surface area contributed by atoms with E-state index in [0.717, 1.165) is 36.3 Å². The first-order chi connectivity index (χ1) is 9.78. The van der Waals surface area contributed by atoms with Gasteiger partial charge in [-0.15, -0.1) is 0 Å². The van der Waals surface area contributed by atoms with Crippen molar-refractivity contribution < 1.29 is 0 Å². The predicted octanol–water partition coefficient (Wildman–Crippen LogP) is 3.56. The summed E-state index contributed by atoms with van der Waals surface area (Å²) in [5, 5.41) is 0. The molecule has 1 aliphatic rings. The number of nitrogens with two attached hydrogens (primary N) is 1. The molecule has 1 aromatic heterocycles. The SMILES string of the molecule is CCc1ccc(-c2nc(N)c3c(n2)CCCCC3)cc1. The van der Waals surface area contributed by atoms with Crippen molar-refractivity contribution >= 4 is 5.82 Å². The molecule has 2 N–H and O–H groups in total. The van der Waals surface area contributed by atoms with Crippen molar-refractivity contribution in [2.75, 3.05) is 5.73 Å². The Bertz CT molecular complexity index is 602. The number of hydrogen-bond donors (Lipinski definition) is 1. The van der Waals surface area contributed by atoms with Gasteiger partial charge in [0, 0.05) is 16.8 Å². The first-order valence-corrected chi connectivity index (χ1v) is 7.52. The van der Waals surface area contributed by atoms with E-state index >= 15 is 0 Å². The number of nitrogen functional groups attached to an aromatic ring is 1. The number of aromatic nitrogens is 2. The summed E-state index contributed by atoms with van der Waals surface area (Å²) >= 11 is 0. The lowest BCUT2D eigenvalue weighted by Gasteiger charge is -2.10. The van der Waals surface area contributed by atoms with Gasteiger partial charge >= 0.3 is 0 Å². The summed E-state index contributed by atoms with van der Waals surface area (Å²) < 4.78 is 0. The second kappa shape index (κ2) is 5.61. The zero-order valence-electron chi connectivity index (χ0n) is 12.0. The molecule has 0 aliphatic heterocycles. The molecule has 0 spiro atoms. The lowest BCUT2D eigenvalue weighted by Crippen LogP contribution is -2.06. The molecule has 1 aliphatic carbocycles. The van der Waals surface area contributed by atoms with E-state index in [9.17, 15) is 0 Å². The maximum atomic E-state index is 6.15. The average Bonchev–Trinajstić information content (AvgIpc) is 2.73. The van der Waals surface area contributed by atoms with Gasteiger partial charge in [0.05, 0.1) is 0 Å². The zero-order valence-corrected chi connectivity index (χ0v) is 12.0. The number of nitrogens with zero attached hydrogens (tertiary/aromatic N) is 2. The molecule has 0 fully saturated rings. The summed E-state index contributed by atoms with van der Waals surface area (Å²) in [5.74, 6) is 1.44. The van der Waals surface area contributed by atoms with E-state index in [1.54, 1.807) is 0 Å². The number of hydrogen-bond acceptors (Lipinski definition) is 3. The van der Waals surface area contributed by atoms with E-state index in [0.29, 0.717) is 5.82 Å². The smallest absolute Gasteiger partial charge is 0.161 e. The van der Waals surface area contributed by atoms with Crippen LogP contribution >= 0.6 is 0 Å². The number of anilines is 1. The van der Waals surface area contributed by atoms with Crippen LogP contribution in [0.2, 0.25) is 0 Å². The molecule has 0 radical (unpaired) electrons. The third-order valence-corrected chi connectivity index (χ3v) is 4.09. The summed E-state index contributed by atoms with van der Waals surface area (Å²) in [6.45, 7) is 2.16. The van der Waals surface area contributed by atoms with Crippen LogP contribution in [0.1, 0.15) is 43.0 Å². The number of aryl methyl sites for hydroxylation is 2. The zero-order chi connectivity index (χ0) is 13.9. The topological polar surface area (TPSA) is 51.8 Å². The van der Waals surface area contributed by atoms with Crippen LogP contribution in [0.4, 0.5) is 5.82 Å². The van der Waals surface area contributed by atoms with Gasteiger partial charge in [-0.2, -0.15) is 0 Å². The summed E-state index contributed by atoms with van der Waals surface area (Å²) in [5.41, 5.74) is 10.9. The molecule has 3 nitrogen and oxygen atoms in total. The highest BCUT2D eigenvalue weighted by atomic mass is 15.0. The Morgan fingerprint density at radius 1 is 1.00 bits per heavy atom. The van der Waals surface area contributed by atoms with Crippen molar-refractivity contribution in [2.24, 2.45) is 0 Å². The number of fused-ring (bicyclic) bond motifs is 1. The predicted molar refractivity (Wildman–Crippen MR) is 82.5 cm³/mol. The number of rotatable bonds is 2. The average molecular weight is 267 g/mol. The van der Waals surface area contributed by atoms with Crippen LogP contribution in [0.15, 0.2) is 24.3 Å². The van der Waals surface area contributed by atoms with Crippen molar-refractivity contribution in [1.82, 2.24) is 9.97 Å². The Morgan fingerprint density at radius 2 is 1.75 bits per heavy atom. The second-order valence-corrected chi connectivity index (χ2v) is 5.47. The molecule has 0 unspecified atom stereocenters. The molecular weight excluding hydrogens is 246 g/mol. The van der Waals surface area contributed by atoms with Crippen LogP contribution in [0.3, 0.4) is 0 Å². The van der Waals surface area contributed by atoms with Crippen LogP contribution in [0, 0.1) is 0 Å². The van der Waals surface area contributed by atoms with Gasteiger partial charge in [-0.05, 0) is 37.7 Å². The van der Waals surface area contributed by atoms with Crippen LogP contribution in [0.5, 0.6) is 0 Å². The van der Waals surface area contributed by atoms with Crippen LogP contribution < -0.4 is 5.73 Å². The highest BCUT2D eigenvalue weighted by molar-refractivity contribution is 5.59. The van der Waals surface area contributed by atoms with Gasteiger partial charge < -0.3 is 5.73 Å². The summed E-state index contributed by atoms with van der Waals surface area (Å²) in [6.07, 6.45) is 6.77. The minimum absolute atomic E-state index is 0.673. The summed E-state index contributed by atoms with van der Waals surface area (Å²) in [6, 6.07) is 8.47. The lowest BCUT2D eigenvalue weighted by atomic mass is 10.1. The second-order valence-electron chi connectivity index (χ2n) is 5.47. The fourth-order valence-corrected chi connectivity index (χ4v) is 2.82. The molecule has 0 saturated carbocycles. The molecule has 104 valence electrons. The van der Waals surface area contributed by atoms with Gasteiger partial charge in [0.2, 0.25) is 0 Å². The molecule has 0 bridgehead atoms. The monoisotopic (exact) mass is 267 g/mol. The molecule has 3 heteroatoms. The Balaban J connectivity index is 2.01. The van der Waals surface area contributed by atoms with Gasteiger partial charge in [-0.1, -0.05) is 37.6 Å². The first-order valence-electron chi connectivity index (χ1n) is 7.52. The third-order valence-electron chi connectivity index (χ3n) is 4.09. The highest BCUT2D eigenvalue weighted by Gasteiger charge is 2.15. The Labute approximate surface area is 120 Å². The molecule has 0 atom stereocenters. The maximum Gasteiger partial charge on any atom is 0.161 e. The van der Waals surface area contributed by atoms with Crippen LogP contribution in [-0.4, -0.2) is 9.97 Å². The largest absolute Gasteiger partial charge is 0.383 e. The molecule has 20 heavy (non-hydrogen) atoms. The Kier molecular flexibility index (Phi) is 3.68. The van der Waals surface area contributed by atoms with E-state index in [4.69, 9.17) is 10.7 Å². The minimum Gasteiger partial charge on any atom is -0.383 e. The molecule has 2 aromatic rings. The van der Waals surface area contributed by atoms with E-state index in [1.807, 2.05) is 0 Å². The van der Waals surface area contributed by atoms with Gasteiger partial charge in [0.15, 0.2) is 5.82 Å². The summed E-state index contributed by atoms with van der Waals surface area (Å²) in [4.78, 5) is 9.29. The molecule has 0 amide bonds. The van der Waals surface area contributed by atoms with Crippen LogP contribution in [-0.2, 0) is 19.3 Å². The van der Waals surface area contributed by atoms with Crippen molar-refractivity contribution in [3.63, 3.8) is 0 Å². The first kappa shape index (κ1) is 13.1. The minimum atomic E-state index is 0.673. The quantitative estimate of drug-likeness (QED) is 0.846. The lowest BCUT2D eigenvalue weighted by molar-refractivity contribution is 0.709. The van der Waals surface area contributed by atoms with Crippen molar-refractivity contribution in [3.05, 3.63) is 41.1 Å². The van der Waals surface area contributed by atoms with E-state index in [1.165, 1.54) is 30.4 Å².